The van der Waals surface area contributed by atoms with Gasteiger partial charge in [-0.25, -0.2) is 4.98 Å². The van der Waals surface area contributed by atoms with Crippen LogP contribution < -0.4 is 0 Å². The van der Waals surface area contributed by atoms with Crippen molar-refractivity contribution in [3.8, 4) is 0 Å². The van der Waals surface area contributed by atoms with E-state index < -0.39 is 0 Å². The molecule has 0 amide bonds. The molecule has 0 N–H and O–H groups in total. The summed E-state index contributed by atoms with van der Waals surface area (Å²) in [5.74, 6) is 1.26. The van der Waals surface area contributed by atoms with Crippen LogP contribution in [-0.4, -0.2) is 28.0 Å². The SMILES string of the molecule is Cc1ccc2oc([C@H]3CCN(Cc4ccccn4)C3)nc2c1. The Hall–Kier alpha value is -2.20. The molecule has 1 fully saturated rings. The highest BCUT2D eigenvalue weighted by Gasteiger charge is 2.27. The second-order valence-corrected chi connectivity index (χ2v) is 6.07. The average molecular weight is 293 g/mol. The van der Waals surface area contributed by atoms with Crippen molar-refractivity contribution in [2.45, 2.75) is 25.8 Å². The van der Waals surface area contributed by atoms with E-state index in [2.05, 4.69) is 40.0 Å². The topological polar surface area (TPSA) is 42.2 Å². The fourth-order valence-corrected chi connectivity index (χ4v) is 3.13. The summed E-state index contributed by atoms with van der Waals surface area (Å²) >= 11 is 0. The Labute approximate surface area is 129 Å². The molecule has 3 heterocycles. The van der Waals surface area contributed by atoms with Gasteiger partial charge in [-0.3, -0.25) is 9.88 Å². The van der Waals surface area contributed by atoms with Crippen molar-refractivity contribution in [1.82, 2.24) is 14.9 Å². The van der Waals surface area contributed by atoms with Gasteiger partial charge in [0, 0.05) is 25.2 Å². The first-order valence-electron chi connectivity index (χ1n) is 7.77. The summed E-state index contributed by atoms with van der Waals surface area (Å²) in [6.45, 7) is 5.04. The zero-order chi connectivity index (χ0) is 14.9. The Morgan fingerprint density at radius 1 is 1.27 bits per heavy atom. The van der Waals surface area contributed by atoms with Crippen LogP contribution >= 0.6 is 0 Å². The minimum atomic E-state index is 0.386. The molecule has 2 aromatic heterocycles. The van der Waals surface area contributed by atoms with Gasteiger partial charge in [-0.1, -0.05) is 12.1 Å². The van der Waals surface area contributed by atoms with Crippen molar-refractivity contribution in [3.63, 3.8) is 0 Å². The van der Waals surface area contributed by atoms with Crippen LogP contribution in [0.1, 0.15) is 29.5 Å². The molecule has 3 aromatic rings. The molecule has 0 spiro atoms. The van der Waals surface area contributed by atoms with Gasteiger partial charge in [-0.05, 0) is 49.7 Å². The molecule has 1 saturated heterocycles. The van der Waals surface area contributed by atoms with E-state index in [-0.39, 0.29) is 0 Å². The standard InChI is InChI=1S/C18H19N3O/c1-13-5-6-17-16(10-13)20-18(22-17)14-7-9-21(11-14)12-15-4-2-3-8-19-15/h2-6,8,10,14H,7,9,11-12H2,1H3/t14-/m0/s1. The summed E-state index contributed by atoms with van der Waals surface area (Å²) in [5.41, 5.74) is 4.20. The number of pyridine rings is 1. The lowest BCUT2D eigenvalue weighted by molar-refractivity contribution is 0.317. The average Bonchev–Trinajstić information content (AvgIpc) is 3.14. The molecule has 0 radical (unpaired) electrons. The highest BCUT2D eigenvalue weighted by molar-refractivity contribution is 5.73. The van der Waals surface area contributed by atoms with Gasteiger partial charge in [0.2, 0.25) is 0 Å². The molecule has 0 aliphatic carbocycles. The Balaban J connectivity index is 1.49. The number of rotatable bonds is 3. The first-order valence-corrected chi connectivity index (χ1v) is 7.77. The highest BCUT2D eigenvalue weighted by atomic mass is 16.3. The third-order valence-electron chi connectivity index (χ3n) is 4.29. The summed E-state index contributed by atoms with van der Waals surface area (Å²) in [6.07, 6.45) is 2.95. The maximum Gasteiger partial charge on any atom is 0.199 e. The molecule has 0 bridgehead atoms. The van der Waals surface area contributed by atoms with E-state index in [0.717, 1.165) is 48.7 Å². The van der Waals surface area contributed by atoms with E-state index in [9.17, 15) is 0 Å². The maximum absolute atomic E-state index is 5.95. The fourth-order valence-electron chi connectivity index (χ4n) is 3.13. The van der Waals surface area contributed by atoms with E-state index >= 15 is 0 Å². The van der Waals surface area contributed by atoms with Gasteiger partial charge in [0.1, 0.15) is 5.52 Å². The number of likely N-dealkylation sites (tertiary alicyclic amines) is 1. The smallest absolute Gasteiger partial charge is 0.199 e. The number of nitrogens with zero attached hydrogens (tertiary/aromatic N) is 3. The quantitative estimate of drug-likeness (QED) is 0.741. The Kier molecular flexibility index (Phi) is 3.39. The van der Waals surface area contributed by atoms with Crippen LogP contribution in [0.3, 0.4) is 0 Å². The first kappa shape index (κ1) is 13.5. The van der Waals surface area contributed by atoms with Gasteiger partial charge in [0.25, 0.3) is 0 Å². The van der Waals surface area contributed by atoms with Gasteiger partial charge in [-0.15, -0.1) is 0 Å². The predicted octanol–water partition coefficient (Wildman–Crippen LogP) is 3.52. The first-order chi connectivity index (χ1) is 10.8. The summed E-state index contributed by atoms with van der Waals surface area (Å²) in [5, 5.41) is 0. The van der Waals surface area contributed by atoms with Gasteiger partial charge in [-0.2, -0.15) is 0 Å². The molecule has 0 saturated carbocycles. The second-order valence-electron chi connectivity index (χ2n) is 6.07. The molecule has 4 rings (SSSR count). The van der Waals surface area contributed by atoms with Gasteiger partial charge in [0.15, 0.2) is 11.5 Å². The van der Waals surface area contributed by atoms with Crippen molar-refractivity contribution >= 4 is 11.1 Å². The van der Waals surface area contributed by atoms with Gasteiger partial charge < -0.3 is 4.42 Å². The summed E-state index contributed by atoms with van der Waals surface area (Å²) in [4.78, 5) is 11.5. The Morgan fingerprint density at radius 3 is 3.09 bits per heavy atom. The van der Waals surface area contributed by atoms with Crippen molar-refractivity contribution in [3.05, 3.63) is 59.7 Å². The lowest BCUT2D eigenvalue weighted by Gasteiger charge is -2.14. The van der Waals surface area contributed by atoms with Crippen LogP contribution in [-0.2, 0) is 6.54 Å². The van der Waals surface area contributed by atoms with E-state index in [1.165, 1.54) is 5.56 Å². The number of hydrogen-bond donors (Lipinski definition) is 0. The van der Waals surface area contributed by atoms with Crippen LogP contribution in [0.15, 0.2) is 47.0 Å². The molecule has 4 nitrogen and oxygen atoms in total. The minimum absolute atomic E-state index is 0.386. The van der Waals surface area contributed by atoms with Crippen LogP contribution in [0.4, 0.5) is 0 Å². The van der Waals surface area contributed by atoms with E-state index in [0.29, 0.717) is 5.92 Å². The molecular weight excluding hydrogens is 274 g/mol. The molecule has 0 unspecified atom stereocenters. The minimum Gasteiger partial charge on any atom is -0.440 e. The monoisotopic (exact) mass is 293 g/mol. The number of hydrogen-bond acceptors (Lipinski definition) is 4. The molecule has 1 aliphatic rings. The van der Waals surface area contributed by atoms with Crippen LogP contribution in [0, 0.1) is 6.92 Å². The third-order valence-corrected chi connectivity index (χ3v) is 4.29. The summed E-state index contributed by atoms with van der Waals surface area (Å²) < 4.78 is 5.95. The predicted molar refractivity (Wildman–Crippen MR) is 85.6 cm³/mol. The highest BCUT2D eigenvalue weighted by Crippen LogP contribution is 2.30. The third kappa shape index (κ3) is 2.62. The van der Waals surface area contributed by atoms with Crippen molar-refractivity contribution in [2.75, 3.05) is 13.1 Å². The van der Waals surface area contributed by atoms with Crippen molar-refractivity contribution in [2.24, 2.45) is 0 Å². The molecule has 112 valence electrons. The summed E-state index contributed by atoms with van der Waals surface area (Å²) in [7, 11) is 0. The number of fused-ring (bicyclic) bond motifs is 1. The van der Waals surface area contributed by atoms with Crippen LogP contribution in [0.25, 0.3) is 11.1 Å². The number of benzene rings is 1. The van der Waals surface area contributed by atoms with Crippen LogP contribution in [0.5, 0.6) is 0 Å². The zero-order valence-corrected chi connectivity index (χ0v) is 12.7. The maximum atomic E-state index is 5.95. The fraction of sp³-hybridized carbons (Fsp3) is 0.333. The molecule has 1 aliphatic heterocycles. The Morgan fingerprint density at radius 2 is 2.23 bits per heavy atom. The second kappa shape index (κ2) is 5.54. The largest absolute Gasteiger partial charge is 0.440 e. The van der Waals surface area contributed by atoms with Crippen molar-refractivity contribution in [1.29, 1.82) is 0 Å². The molecule has 22 heavy (non-hydrogen) atoms. The lowest BCUT2D eigenvalue weighted by Crippen LogP contribution is -2.20. The zero-order valence-electron chi connectivity index (χ0n) is 12.7. The number of aryl methyl sites for hydroxylation is 1. The molecule has 4 heteroatoms. The Bertz CT molecular complexity index is 781. The number of oxazole rings is 1. The molecule has 1 atom stereocenters. The van der Waals surface area contributed by atoms with Crippen LogP contribution in [0.2, 0.25) is 0 Å². The molecule has 1 aromatic carbocycles. The normalized spacial score (nSPS) is 19.0. The van der Waals surface area contributed by atoms with E-state index in [1.807, 2.05) is 24.4 Å². The van der Waals surface area contributed by atoms with Gasteiger partial charge in [0.05, 0.1) is 5.69 Å². The van der Waals surface area contributed by atoms with Gasteiger partial charge >= 0.3 is 0 Å². The lowest BCUT2D eigenvalue weighted by atomic mass is 10.1. The molecular formula is C18H19N3O. The van der Waals surface area contributed by atoms with E-state index in [1.54, 1.807) is 0 Å². The summed E-state index contributed by atoms with van der Waals surface area (Å²) in [6, 6.07) is 12.2. The van der Waals surface area contributed by atoms with E-state index in [4.69, 9.17) is 4.42 Å². The number of aromatic nitrogens is 2. The van der Waals surface area contributed by atoms with Crippen molar-refractivity contribution < 1.29 is 4.42 Å².